The number of nitrogens with zero attached hydrogens (tertiary/aromatic N) is 2. The molecule has 0 aliphatic carbocycles. The number of methoxy groups -OCH3 is 2. The summed E-state index contributed by atoms with van der Waals surface area (Å²) in [7, 11) is 3.10. The second kappa shape index (κ2) is 11.2. The van der Waals surface area contributed by atoms with Gasteiger partial charge in [-0.25, -0.2) is 9.59 Å². The number of hydrogen-bond acceptors (Lipinski definition) is 6. The van der Waals surface area contributed by atoms with E-state index in [1.54, 1.807) is 17.9 Å². The average Bonchev–Trinajstić information content (AvgIpc) is 3.35. The van der Waals surface area contributed by atoms with E-state index >= 15 is 0 Å². The molecule has 1 saturated heterocycles. The molecule has 0 spiro atoms. The van der Waals surface area contributed by atoms with Crippen molar-refractivity contribution >= 4 is 23.0 Å². The van der Waals surface area contributed by atoms with Crippen molar-refractivity contribution in [2.45, 2.75) is 72.1 Å². The number of hydrogen-bond donors (Lipinski definition) is 0. The van der Waals surface area contributed by atoms with E-state index in [4.69, 9.17) is 14.2 Å². The Kier molecular flexibility index (Phi) is 8.16. The third-order valence-corrected chi connectivity index (χ3v) is 7.52. The first kappa shape index (κ1) is 27.7. The maximum atomic E-state index is 13.0. The molecule has 2 aromatic carbocycles. The summed E-state index contributed by atoms with van der Waals surface area (Å²) in [5.41, 5.74) is 4.01. The highest BCUT2D eigenvalue weighted by Gasteiger charge is 2.31. The molecule has 0 radical (unpaired) electrons. The molecule has 1 fully saturated rings. The van der Waals surface area contributed by atoms with Crippen LogP contribution in [0.1, 0.15) is 80.0 Å². The molecular formula is C31H40N2O5. The summed E-state index contributed by atoms with van der Waals surface area (Å²) in [6.45, 7) is 11.5. The number of benzene rings is 2. The summed E-state index contributed by atoms with van der Waals surface area (Å²) in [4.78, 5) is 27.5. The Hall–Kier alpha value is -3.32. The number of carbonyl (C=O) groups excluding carboxylic acids is 2. The smallest absolute Gasteiger partial charge is 0.419 e. The van der Waals surface area contributed by atoms with Gasteiger partial charge in [0.1, 0.15) is 11.4 Å². The van der Waals surface area contributed by atoms with Gasteiger partial charge in [0.15, 0.2) is 0 Å². The summed E-state index contributed by atoms with van der Waals surface area (Å²) in [6.07, 6.45) is 4.72. The molecule has 0 unspecified atom stereocenters. The van der Waals surface area contributed by atoms with Gasteiger partial charge in [-0.2, -0.15) is 0 Å². The molecular weight excluding hydrogens is 480 g/mol. The Morgan fingerprint density at radius 1 is 1.08 bits per heavy atom. The normalized spacial score (nSPS) is 18.4. The first-order chi connectivity index (χ1) is 18.1. The van der Waals surface area contributed by atoms with Crippen LogP contribution in [0.4, 0.5) is 4.79 Å². The van der Waals surface area contributed by atoms with Crippen molar-refractivity contribution < 1.29 is 23.8 Å². The molecule has 4 rings (SSSR count). The largest absolute Gasteiger partial charge is 0.496 e. The van der Waals surface area contributed by atoms with Gasteiger partial charge < -0.3 is 14.2 Å². The van der Waals surface area contributed by atoms with Crippen molar-refractivity contribution in [3.05, 3.63) is 64.8 Å². The van der Waals surface area contributed by atoms with Crippen LogP contribution in [0.2, 0.25) is 0 Å². The van der Waals surface area contributed by atoms with Gasteiger partial charge in [-0.1, -0.05) is 25.5 Å². The van der Waals surface area contributed by atoms with Crippen LogP contribution in [0.5, 0.6) is 5.75 Å². The van der Waals surface area contributed by atoms with Crippen molar-refractivity contribution in [2.75, 3.05) is 20.8 Å². The zero-order valence-corrected chi connectivity index (χ0v) is 23.7. The quantitative estimate of drug-likeness (QED) is 0.330. The van der Waals surface area contributed by atoms with Crippen LogP contribution in [0, 0.1) is 12.8 Å². The number of rotatable bonds is 6. The van der Waals surface area contributed by atoms with Gasteiger partial charge in [0.05, 0.1) is 25.3 Å². The third-order valence-electron chi connectivity index (χ3n) is 7.52. The Morgan fingerprint density at radius 3 is 2.39 bits per heavy atom. The lowest BCUT2D eigenvalue weighted by molar-refractivity contribution is 0.0542. The second-order valence-electron chi connectivity index (χ2n) is 11.2. The summed E-state index contributed by atoms with van der Waals surface area (Å²) in [5.74, 6) is 1.13. The van der Waals surface area contributed by atoms with Crippen LogP contribution < -0.4 is 4.74 Å². The fourth-order valence-electron chi connectivity index (χ4n) is 5.53. The maximum absolute atomic E-state index is 13.0. The summed E-state index contributed by atoms with van der Waals surface area (Å²) >= 11 is 0. The van der Waals surface area contributed by atoms with Crippen LogP contribution in [0.3, 0.4) is 0 Å². The molecule has 0 N–H and O–H groups in total. The first-order valence-corrected chi connectivity index (χ1v) is 13.4. The number of carbonyl (C=O) groups is 2. The van der Waals surface area contributed by atoms with Gasteiger partial charge in [-0.15, -0.1) is 0 Å². The number of esters is 1. The van der Waals surface area contributed by atoms with Gasteiger partial charge >= 0.3 is 12.1 Å². The number of ether oxygens (including phenoxy) is 3. The van der Waals surface area contributed by atoms with Gasteiger partial charge in [0.2, 0.25) is 0 Å². The molecule has 3 aromatic rings. The van der Waals surface area contributed by atoms with E-state index in [0.29, 0.717) is 18.0 Å². The monoisotopic (exact) mass is 520 g/mol. The zero-order valence-electron chi connectivity index (χ0n) is 23.7. The lowest BCUT2D eigenvalue weighted by atomic mass is 9.85. The van der Waals surface area contributed by atoms with Crippen molar-refractivity contribution in [2.24, 2.45) is 5.92 Å². The van der Waals surface area contributed by atoms with Gasteiger partial charge in [-0.05, 0) is 88.4 Å². The highest BCUT2D eigenvalue weighted by molar-refractivity contribution is 5.95. The van der Waals surface area contributed by atoms with E-state index in [-0.39, 0.29) is 18.1 Å². The molecule has 7 heteroatoms. The molecule has 0 saturated carbocycles. The topological polar surface area (TPSA) is 70.0 Å². The minimum absolute atomic E-state index is 0.203. The van der Waals surface area contributed by atoms with Crippen LogP contribution in [0.15, 0.2) is 42.6 Å². The Bertz CT molecular complexity index is 1300. The average molecular weight is 521 g/mol. The molecule has 2 atom stereocenters. The number of piperidine rings is 1. The predicted octanol–water partition coefficient (Wildman–Crippen LogP) is 6.89. The molecule has 38 heavy (non-hydrogen) atoms. The molecule has 2 heterocycles. The number of aromatic nitrogens is 1. The van der Waals surface area contributed by atoms with E-state index in [1.165, 1.54) is 12.7 Å². The van der Waals surface area contributed by atoms with Gasteiger partial charge in [0, 0.05) is 29.7 Å². The van der Waals surface area contributed by atoms with Crippen LogP contribution >= 0.6 is 0 Å². The van der Waals surface area contributed by atoms with Crippen molar-refractivity contribution in [1.29, 1.82) is 0 Å². The van der Waals surface area contributed by atoms with Crippen molar-refractivity contribution in [3.63, 3.8) is 0 Å². The Balaban J connectivity index is 1.72. The number of likely N-dealkylation sites (tertiary alicyclic amines) is 1. The Labute approximate surface area is 225 Å². The first-order valence-electron chi connectivity index (χ1n) is 13.4. The zero-order chi connectivity index (χ0) is 27.6. The van der Waals surface area contributed by atoms with Crippen LogP contribution in [0.25, 0.3) is 10.9 Å². The minimum Gasteiger partial charge on any atom is -0.496 e. The number of aryl methyl sites for hydroxylation is 1. The van der Waals surface area contributed by atoms with E-state index < -0.39 is 5.60 Å². The predicted molar refractivity (Wildman–Crippen MR) is 149 cm³/mol. The highest BCUT2D eigenvalue weighted by atomic mass is 16.6. The van der Waals surface area contributed by atoms with Crippen molar-refractivity contribution in [1.82, 2.24) is 9.47 Å². The summed E-state index contributed by atoms with van der Waals surface area (Å²) < 4.78 is 18.0. The summed E-state index contributed by atoms with van der Waals surface area (Å²) in [6, 6.07) is 12.0. The van der Waals surface area contributed by atoms with Crippen LogP contribution in [-0.4, -0.2) is 47.9 Å². The third kappa shape index (κ3) is 5.73. The molecule has 204 valence electrons. The molecule has 7 nitrogen and oxygen atoms in total. The van der Waals surface area contributed by atoms with Gasteiger partial charge in [0.25, 0.3) is 0 Å². The standard InChI is InChI=1S/C31H40N2O5/c1-8-21-13-15-32(26(18-21)22-9-11-23(12-10-22)29(34)37-7)19-25-24-14-16-33(30(35)38-31(3,4)5)28(24)20(2)17-27(25)36-6/h9-12,14,16-17,21,26H,8,13,15,18-19H2,1-7H3/t21-,26-/m0/s1. The van der Waals surface area contributed by atoms with Crippen molar-refractivity contribution in [3.8, 4) is 5.75 Å². The van der Waals surface area contributed by atoms with Gasteiger partial charge in [-0.3, -0.25) is 9.47 Å². The fraction of sp³-hybridized carbons (Fsp3) is 0.484. The Morgan fingerprint density at radius 2 is 1.79 bits per heavy atom. The lowest BCUT2D eigenvalue weighted by Gasteiger charge is -2.40. The van der Waals surface area contributed by atoms with Crippen LogP contribution in [-0.2, 0) is 16.0 Å². The molecule has 1 aromatic heterocycles. The maximum Gasteiger partial charge on any atom is 0.419 e. The second-order valence-corrected chi connectivity index (χ2v) is 11.2. The number of fused-ring (bicyclic) bond motifs is 1. The summed E-state index contributed by atoms with van der Waals surface area (Å²) in [5, 5.41) is 0.991. The van der Waals surface area contributed by atoms with E-state index in [9.17, 15) is 9.59 Å². The van der Waals surface area contributed by atoms with E-state index in [0.717, 1.165) is 53.6 Å². The molecule has 0 amide bonds. The molecule has 1 aliphatic rings. The highest BCUT2D eigenvalue weighted by Crippen LogP contribution is 2.40. The SMILES string of the molecule is CC[C@H]1CCN(Cc2c(OC)cc(C)c3c2ccn3C(=O)OC(C)(C)C)[C@H](c2ccc(C(=O)OC)cc2)C1. The molecule has 1 aliphatic heterocycles. The fourth-order valence-corrected chi connectivity index (χ4v) is 5.53. The van der Waals surface area contributed by atoms with E-state index in [2.05, 4.69) is 11.8 Å². The lowest BCUT2D eigenvalue weighted by Crippen LogP contribution is -2.36. The van der Waals surface area contributed by atoms with E-state index in [1.807, 2.05) is 64.1 Å². The minimum atomic E-state index is -0.586. The molecule has 0 bridgehead atoms.